The number of nitrogens with zero attached hydrogens (tertiary/aromatic N) is 1. The lowest BCUT2D eigenvalue weighted by Crippen LogP contribution is -2.41. The highest BCUT2D eigenvalue weighted by Crippen LogP contribution is 2.33. The second-order valence-corrected chi connectivity index (χ2v) is 7.03. The van der Waals surface area contributed by atoms with Crippen molar-refractivity contribution < 1.29 is 5.11 Å². The Kier molecular flexibility index (Phi) is 4.57. The van der Waals surface area contributed by atoms with E-state index in [9.17, 15) is 5.11 Å². The summed E-state index contributed by atoms with van der Waals surface area (Å²) in [6.07, 6.45) is 0.423. The molecule has 0 aliphatic carbocycles. The first-order chi connectivity index (χ1) is 8.61. The maximum absolute atomic E-state index is 10.1. The summed E-state index contributed by atoms with van der Waals surface area (Å²) in [7, 11) is 0. The number of anilines is 1. The molecular formula is C15H23NOS. The van der Waals surface area contributed by atoms with Crippen molar-refractivity contribution in [2.45, 2.75) is 43.8 Å². The van der Waals surface area contributed by atoms with Gasteiger partial charge in [0.05, 0.1) is 6.10 Å². The van der Waals surface area contributed by atoms with Gasteiger partial charge >= 0.3 is 0 Å². The second-order valence-electron chi connectivity index (χ2n) is 5.15. The standard InChI is InChI=1S/C15H23NOS/c1-4-15(17)13-7-5-6-8-14(13)16-9-11(2)18-12(3)10-16/h5-8,11-12,15,17H,4,9-10H2,1-3H3/t11?,12?,15-/m1/s1. The molecule has 0 spiro atoms. The van der Waals surface area contributed by atoms with E-state index >= 15 is 0 Å². The summed E-state index contributed by atoms with van der Waals surface area (Å²) in [4.78, 5) is 2.43. The van der Waals surface area contributed by atoms with Gasteiger partial charge in [0.1, 0.15) is 0 Å². The third kappa shape index (κ3) is 3.01. The summed E-state index contributed by atoms with van der Waals surface area (Å²) >= 11 is 2.06. The Hall–Kier alpha value is -0.670. The van der Waals surface area contributed by atoms with Crippen LogP contribution in [0.3, 0.4) is 0 Å². The maximum atomic E-state index is 10.1. The van der Waals surface area contributed by atoms with Crippen LogP contribution in [-0.4, -0.2) is 28.7 Å². The van der Waals surface area contributed by atoms with Crippen molar-refractivity contribution in [2.24, 2.45) is 0 Å². The summed E-state index contributed by atoms with van der Waals surface area (Å²) in [6, 6.07) is 8.28. The van der Waals surface area contributed by atoms with Crippen LogP contribution in [0.1, 0.15) is 38.9 Å². The van der Waals surface area contributed by atoms with Crippen molar-refractivity contribution in [3.8, 4) is 0 Å². The van der Waals surface area contributed by atoms with E-state index in [2.05, 4.69) is 48.7 Å². The molecule has 1 aromatic rings. The molecule has 1 N–H and O–H groups in total. The van der Waals surface area contributed by atoms with Crippen molar-refractivity contribution in [1.29, 1.82) is 0 Å². The molecule has 0 bridgehead atoms. The molecule has 0 saturated carbocycles. The Balaban J connectivity index is 2.26. The highest BCUT2D eigenvalue weighted by Gasteiger charge is 2.24. The van der Waals surface area contributed by atoms with Crippen LogP contribution in [0.4, 0.5) is 5.69 Å². The number of benzene rings is 1. The molecule has 1 fully saturated rings. The smallest absolute Gasteiger partial charge is 0.0807 e. The molecule has 1 aliphatic rings. The van der Waals surface area contributed by atoms with Crippen molar-refractivity contribution in [3.05, 3.63) is 29.8 Å². The minimum Gasteiger partial charge on any atom is -0.388 e. The minimum atomic E-state index is -0.346. The van der Waals surface area contributed by atoms with E-state index in [-0.39, 0.29) is 6.10 Å². The molecule has 2 unspecified atom stereocenters. The molecule has 0 radical (unpaired) electrons. The molecule has 3 atom stereocenters. The normalized spacial score (nSPS) is 26.1. The topological polar surface area (TPSA) is 23.5 Å². The molecule has 1 saturated heterocycles. The zero-order valence-electron chi connectivity index (χ0n) is 11.5. The van der Waals surface area contributed by atoms with Gasteiger partial charge in [0, 0.05) is 34.8 Å². The van der Waals surface area contributed by atoms with Gasteiger partial charge in [-0.15, -0.1) is 0 Å². The van der Waals surface area contributed by atoms with E-state index in [1.807, 2.05) is 13.0 Å². The highest BCUT2D eigenvalue weighted by atomic mass is 32.2. The Morgan fingerprint density at radius 2 is 1.89 bits per heavy atom. The first kappa shape index (κ1) is 13.8. The van der Waals surface area contributed by atoms with Crippen LogP contribution in [0.25, 0.3) is 0 Å². The quantitative estimate of drug-likeness (QED) is 0.905. The Morgan fingerprint density at radius 1 is 1.28 bits per heavy atom. The van der Waals surface area contributed by atoms with Gasteiger partial charge in [0.25, 0.3) is 0 Å². The average molecular weight is 265 g/mol. The van der Waals surface area contributed by atoms with E-state index in [0.717, 1.165) is 25.1 Å². The van der Waals surface area contributed by atoms with Crippen LogP contribution in [0.5, 0.6) is 0 Å². The van der Waals surface area contributed by atoms with E-state index in [0.29, 0.717) is 10.5 Å². The van der Waals surface area contributed by atoms with E-state index < -0.39 is 0 Å². The summed E-state index contributed by atoms with van der Waals surface area (Å²) in [5, 5.41) is 11.4. The van der Waals surface area contributed by atoms with Gasteiger partial charge in [-0.25, -0.2) is 0 Å². The third-order valence-electron chi connectivity index (χ3n) is 3.44. The van der Waals surface area contributed by atoms with Gasteiger partial charge in [-0.3, -0.25) is 0 Å². The van der Waals surface area contributed by atoms with Crippen LogP contribution in [0.15, 0.2) is 24.3 Å². The molecule has 3 heteroatoms. The van der Waals surface area contributed by atoms with Gasteiger partial charge in [-0.2, -0.15) is 11.8 Å². The second kappa shape index (κ2) is 5.98. The van der Waals surface area contributed by atoms with Crippen LogP contribution < -0.4 is 4.90 Å². The van der Waals surface area contributed by atoms with Crippen molar-refractivity contribution in [3.63, 3.8) is 0 Å². The van der Waals surface area contributed by atoms with Gasteiger partial charge in [-0.1, -0.05) is 39.0 Å². The number of aliphatic hydroxyl groups excluding tert-OH is 1. The van der Waals surface area contributed by atoms with E-state index in [1.54, 1.807) is 0 Å². The molecule has 2 rings (SSSR count). The van der Waals surface area contributed by atoms with Crippen LogP contribution >= 0.6 is 11.8 Å². The lowest BCUT2D eigenvalue weighted by Gasteiger charge is -2.37. The van der Waals surface area contributed by atoms with Gasteiger partial charge < -0.3 is 10.0 Å². The Bertz CT molecular complexity index is 386. The molecule has 1 heterocycles. The minimum absolute atomic E-state index is 0.346. The first-order valence-corrected chi connectivity index (χ1v) is 7.73. The Morgan fingerprint density at radius 3 is 2.50 bits per heavy atom. The molecule has 0 aromatic heterocycles. The fraction of sp³-hybridized carbons (Fsp3) is 0.600. The zero-order chi connectivity index (χ0) is 13.1. The SMILES string of the molecule is CC[C@@H](O)c1ccccc1N1CC(C)SC(C)C1. The number of rotatable bonds is 3. The van der Waals surface area contributed by atoms with E-state index in [1.165, 1.54) is 5.69 Å². The summed E-state index contributed by atoms with van der Waals surface area (Å²) in [6.45, 7) is 8.74. The fourth-order valence-corrected chi connectivity index (χ4v) is 3.98. The molecule has 100 valence electrons. The van der Waals surface area contributed by atoms with Crippen molar-refractivity contribution >= 4 is 17.4 Å². The van der Waals surface area contributed by atoms with Crippen LogP contribution in [0, 0.1) is 0 Å². The van der Waals surface area contributed by atoms with Gasteiger partial charge in [0.15, 0.2) is 0 Å². The fourth-order valence-electron chi connectivity index (χ4n) is 2.65. The number of hydrogen-bond acceptors (Lipinski definition) is 3. The summed E-state index contributed by atoms with van der Waals surface area (Å²) in [5.41, 5.74) is 2.29. The van der Waals surface area contributed by atoms with Gasteiger partial charge in [0.2, 0.25) is 0 Å². The number of hydrogen-bond donors (Lipinski definition) is 1. The van der Waals surface area contributed by atoms with Crippen molar-refractivity contribution in [2.75, 3.05) is 18.0 Å². The highest BCUT2D eigenvalue weighted by molar-refractivity contribution is 8.00. The summed E-state index contributed by atoms with van der Waals surface area (Å²) in [5.74, 6) is 0. The van der Waals surface area contributed by atoms with Crippen molar-refractivity contribution in [1.82, 2.24) is 0 Å². The lowest BCUT2D eigenvalue weighted by molar-refractivity contribution is 0.174. The lowest BCUT2D eigenvalue weighted by atomic mass is 10.0. The monoisotopic (exact) mass is 265 g/mol. The molecule has 2 nitrogen and oxygen atoms in total. The number of thioether (sulfide) groups is 1. The van der Waals surface area contributed by atoms with Crippen LogP contribution in [0.2, 0.25) is 0 Å². The Labute approximate surface area is 114 Å². The molecule has 18 heavy (non-hydrogen) atoms. The zero-order valence-corrected chi connectivity index (χ0v) is 12.3. The maximum Gasteiger partial charge on any atom is 0.0807 e. The largest absolute Gasteiger partial charge is 0.388 e. The summed E-state index contributed by atoms with van der Waals surface area (Å²) < 4.78 is 0. The predicted molar refractivity (Wildman–Crippen MR) is 80.4 cm³/mol. The van der Waals surface area contributed by atoms with Gasteiger partial charge in [-0.05, 0) is 12.5 Å². The molecule has 1 aliphatic heterocycles. The molecule has 0 amide bonds. The first-order valence-electron chi connectivity index (χ1n) is 6.79. The van der Waals surface area contributed by atoms with E-state index in [4.69, 9.17) is 0 Å². The van der Waals surface area contributed by atoms with Crippen LogP contribution in [-0.2, 0) is 0 Å². The third-order valence-corrected chi connectivity index (χ3v) is 4.67. The molecule has 1 aromatic carbocycles. The number of para-hydroxylation sites is 1. The number of aliphatic hydroxyl groups is 1. The predicted octanol–water partition coefficient (Wildman–Crippen LogP) is 3.46. The average Bonchev–Trinajstić information content (AvgIpc) is 2.36. The molecular weight excluding hydrogens is 242 g/mol.